The lowest BCUT2D eigenvalue weighted by Gasteiger charge is -2.27. The first kappa shape index (κ1) is 35.1. The van der Waals surface area contributed by atoms with E-state index in [4.69, 9.17) is 14.6 Å². The molecule has 0 rings (SSSR count). The predicted molar refractivity (Wildman–Crippen MR) is 125 cm³/mol. The van der Waals surface area contributed by atoms with Gasteiger partial charge in [0.05, 0.1) is 5.92 Å². The molecule has 0 aromatic heterocycles. The van der Waals surface area contributed by atoms with Gasteiger partial charge in [-0.15, -0.1) is 0 Å². The number of nitrogens with one attached hydrogen (secondary N) is 1. The summed E-state index contributed by atoms with van der Waals surface area (Å²) in [4.78, 5) is 34.2. The van der Waals surface area contributed by atoms with E-state index in [1.54, 1.807) is 41.5 Å². The van der Waals surface area contributed by atoms with Gasteiger partial charge < -0.3 is 19.9 Å². The van der Waals surface area contributed by atoms with Crippen LogP contribution in [-0.2, 0) is 19.1 Å². The van der Waals surface area contributed by atoms with E-state index in [0.717, 1.165) is 0 Å². The largest absolute Gasteiger partial charge is 0.481 e. The van der Waals surface area contributed by atoms with E-state index in [-0.39, 0.29) is 32.1 Å². The lowest BCUT2D eigenvalue weighted by Crippen LogP contribution is -2.46. The Morgan fingerprint density at radius 1 is 0.800 bits per heavy atom. The molecular weight excluding hydrogens is 474 g/mol. The van der Waals surface area contributed by atoms with Gasteiger partial charge in [-0.25, -0.2) is 27.2 Å². The fourth-order valence-electron chi connectivity index (χ4n) is 2.33. The minimum absolute atomic E-state index is 0.0379. The van der Waals surface area contributed by atoms with E-state index in [2.05, 4.69) is 5.32 Å². The van der Waals surface area contributed by atoms with Gasteiger partial charge in [-0.3, -0.25) is 4.79 Å². The normalized spacial score (nSPS) is 14.2. The lowest BCUT2D eigenvalue weighted by molar-refractivity contribution is -0.158. The summed E-state index contributed by atoms with van der Waals surface area (Å²) in [5.74, 6) is -8.04. The Kier molecular flexibility index (Phi) is 14.5. The Morgan fingerprint density at radius 2 is 1.20 bits per heavy atom. The van der Waals surface area contributed by atoms with Crippen molar-refractivity contribution in [3.05, 3.63) is 0 Å². The summed E-state index contributed by atoms with van der Waals surface area (Å²) in [6.07, 6.45) is -2.45. The third-order valence-corrected chi connectivity index (χ3v) is 4.58. The Hall–Kier alpha value is -2.07. The number of rotatable bonds is 11. The van der Waals surface area contributed by atoms with E-state index in [0.29, 0.717) is 0 Å². The summed E-state index contributed by atoms with van der Waals surface area (Å²) in [6, 6.07) is -1.18. The van der Waals surface area contributed by atoms with Crippen LogP contribution in [0.25, 0.3) is 0 Å². The summed E-state index contributed by atoms with van der Waals surface area (Å²) in [6.45, 7) is 14.2. The number of carboxylic acid groups (broad SMARTS) is 1. The molecule has 0 aromatic carbocycles. The number of amides is 1. The van der Waals surface area contributed by atoms with Crippen molar-refractivity contribution in [3.8, 4) is 0 Å². The third kappa shape index (κ3) is 19.9. The fourth-order valence-corrected chi connectivity index (χ4v) is 2.33. The number of hydrogen-bond acceptors (Lipinski definition) is 5. The molecule has 11 heteroatoms. The smallest absolute Gasteiger partial charge is 0.408 e. The molecule has 208 valence electrons. The van der Waals surface area contributed by atoms with Gasteiger partial charge in [-0.05, 0) is 54.4 Å². The second kappa shape index (κ2) is 14.5. The van der Waals surface area contributed by atoms with Crippen LogP contribution in [0.3, 0.4) is 0 Å². The standard InChI is InChI=1S/C16H29F2NO4.C8H14F2O2/c1-8-16(17,18)10-9-11(12(20)22-14(2,3)4)19-13(21)23-15(5,6)7;1-3-8(9,10)5-4-6(2)7(11)12/h11H,8-10H2,1-7H3,(H,19,21);6H,3-5H2,1-2H3,(H,11,12)/t11-;6-/m00/s1. The Balaban J connectivity index is 0. The molecule has 0 fully saturated rings. The van der Waals surface area contributed by atoms with Crippen molar-refractivity contribution in [3.63, 3.8) is 0 Å². The number of carboxylic acids is 1. The summed E-state index contributed by atoms with van der Waals surface area (Å²) in [5.41, 5.74) is -1.53. The minimum atomic E-state index is -2.89. The number of hydrogen-bond donors (Lipinski definition) is 2. The van der Waals surface area contributed by atoms with Crippen LogP contribution in [0, 0.1) is 5.92 Å². The topological polar surface area (TPSA) is 102 Å². The van der Waals surface area contributed by atoms with Crippen molar-refractivity contribution < 1.29 is 46.5 Å². The highest BCUT2D eigenvalue weighted by Crippen LogP contribution is 2.26. The van der Waals surface area contributed by atoms with Gasteiger partial charge in [-0.1, -0.05) is 20.8 Å². The zero-order chi connectivity index (χ0) is 28.3. The van der Waals surface area contributed by atoms with Crippen molar-refractivity contribution in [1.82, 2.24) is 5.32 Å². The monoisotopic (exact) mass is 517 g/mol. The number of carbonyl (C=O) groups is 3. The molecule has 0 spiro atoms. The second-order valence-electron chi connectivity index (χ2n) is 10.5. The van der Waals surface area contributed by atoms with Crippen molar-refractivity contribution in [1.29, 1.82) is 0 Å². The van der Waals surface area contributed by atoms with E-state index in [1.807, 2.05) is 0 Å². The van der Waals surface area contributed by atoms with Crippen LogP contribution >= 0.6 is 0 Å². The summed E-state index contributed by atoms with van der Waals surface area (Å²) >= 11 is 0. The molecule has 0 aromatic rings. The highest BCUT2D eigenvalue weighted by Gasteiger charge is 2.33. The van der Waals surface area contributed by atoms with E-state index in [1.165, 1.54) is 20.8 Å². The maximum absolute atomic E-state index is 13.4. The van der Waals surface area contributed by atoms with Gasteiger partial charge >= 0.3 is 18.0 Å². The number of halogens is 4. The lowest BCUT2D eigenvalue weighted by atomic mass is 10.0. The van der Waals surface area contributed by atoms with Gasteiger partial charge in [0.25, 0.3) is 0 Å². The molecule has 0 aliphatic heterocycles. The summed E-state index contributed by atoms with van der Waals surface area (Å²) < 4.78 is 62.3. The van der Waals surface area contributed by atoms with Crippen LogP contribution in [0.2, 0.25) is 0 Å². The molecule has 0 saturated heterocycles. The van der Waals surface area contributed by atoms with Crippen molar-refractivity contribution >= 4 is 18.0 Å². The van der Waals surface area contributed by atoms with Crippen molar-refractivity contribution in [2.75, 3.05) is 0 Å². The van der Waals surface area contributed by atoms with E-state index in [9.17, 15) is 31.9 Å². The highest BCUT2D eigenvalue weighted by molar-refractivity contribution is 5.81. The van der Waals surface area contributed by atoms with E-state index < -0.39 is 59.5 Å². The summed E-state index contributed by atoms with van der Waals surface area (Å²) in [5, 5.41) is 10.7. The Labute approximate surface area is 206 Å². The minimum Gasteiger partial charge on any atom is -0.481 e. The van der Waals surface area contributed by atoms with Crippen LogP contribution in [0.5, 0.6) is 0 Å². The number of alkyl halides is 4. The molecule has 7 nitrogen and oxygen atoms in total. The number of aliphatic carboxylic acids is 1. The maximum Gasteiger partial charge on any atom is 0.408 e. The first-order valence-corrected chi connectivity index (χ1v) is 11.7. The van der Waals surface area contributed by atoms with Crippen LogP contribution in [0.15, 0.2) is 0 Å². The van der Waals surface area contributed by atoms with Gasteiger partial charge in [0.2, 0.25) is 11.8 Å². The highest BCUT2D eigenvalue weighted by atomic mass is 19.3. The molecular formula is C24H43F4NO6. The first-order valence-electron chi connectivity index (χ1n) is 11.7. The Morgan fingerprint density at radius 3 is 1.54 bits per heavy atom. The third-order valence-electron chi connectivity index (χ3n) is 4.58. The molecule has 0 bridgehead atoms. The van der Waals surface area contributed by atoms with Crippen LogP contribution in [0.4, 0.5) is 22.4 Å². The van der Waals surface area contributed by atoms with Gasteiger partial charge in [-0.2, -0.15) is 0 Å². The molecule has 0 radical (unpaired) electrons. The number of esters is 1. The average molecular weight is 518 g/mol. The molecule has 35 heavy (non-hydrogen) atoms. The van der Waals surface area contributed by atoms with Crippen molar-refractivity contribution in [2.24, 2.45) is 5.92 Å². The molecule has 2 atom stereocenters. The van der Waals surface area contributed by atoms with Gasteiger partial charge in [0, 0.05) is 25.7 Å². The first-order chi connectivity index (χ1) is 15.5. The second-order valence-corrected chi connectivity index (χ2v) is 10.5. The van der Waals surface area contributed by atoms with Crippen LogP contribution in [0.1, 0.15) is 101 Å². The molecule has 0 unspecified atom stereocenters. The average Bonchev–Trinajstić information content (AvgIpc) is 2.67. The van der Waals surface area contributed by atoms with Gasteiger partial charge in [0.15, 0.2) is 0 Å². The quantitative estimate of drug-likeness (QED) is 0.237. The molecule has 1 amide bonds. The number of carbonyl (C=O) groups excluding carboxylic acids is 2. The maximum atomic E-state index is 13.4. The van der Waals surface area contributed by atoms with Crippen LogP contribution < -0.4 is 5.32 Å². The zero-order valence-corrected chi connectivity index (χ0v) is 22.4. The number of ether oxygens (including phenoxy) is 2. The molecule has 0 aliphatic rings. The zero-order valence-electron chi connectivity index (χ0n) is 22.4. The van der Waals surface area contributed by atoms with Gasteiger partial charge in [0.1, 0.15) is 17.2 Å². The predicted octanol–water partition coefficient (Wildman–Crippen LogP) is 6.58. The number of alkyl carbamates (subject to hydrolysis) is 1. The van der Waals surface area contributed by atoms with Crippen LogP contribution in [-0.4, -0.2) is 52.2 Å². The molecule has 0 saturated carbocycles. The molecule has 0 heterocycles. The SMILES string of the molecule is CCC(F)(F)CC[C@H](C)C(=O)O.CCC(F)(F)CC[C@H](NC(=O)OC(C)(C)C)C(=O)OC(C)(C)C. The van der Waals surface area contributed by atoms with Crippen molar-refractivity contribution in [2.45, 2.75) is 130 Å². The fraction of sp³-hybridized carbons (Fsp3) is 0.875. The van der Waals surface area contributed by atoms with E-state index >= 15 is 0 Å². The Bertz CT molecular complexity index is 672. The summed E-state index contributed by atoms with van der Waals surface area (Å²) in [7, 11) is 0. The molecule has 2 N–H and O–H groups in total. The molecule has 0 aliphatic carbocycles.